The Hall–Kier alpha value is -1.45. The Morgan fingerprint density at radius 2 is 2.50 bits per heavy atom. The van der Waals surface area contributed by atoms with Gasteiger partial charge in [-0.2, -0.15) is 0 Å². The number of carbonyl (C=O) groups is 1. The summed E-state index contributed by atoms with van der Waals surface area (Å²) in [5, 5.41) is 0. The largest absolute Gasteiger partial charge is 0.468 e. The Bertz CT molecular complexity index is 232. The minimum Gasteiger partial charge on any atom is -0.468 e. The molecule has 1 aliphatic rings. The molecule has 0 aromatic heterocycles. The average molecular weight is 169 g/mol. The van der Waals surface area contributed by atoms with Crippen molar-refractivity contribution in [3.05, 3.63) is 24.3 Å². The van der Waals surface area contributed by atoms with E-state index in [1.54, 1.807) is 12.3 Å². The van der Waals surface area contributed by atoms with Gasteiger partial charge in [0.2, 0.25) is 0 Å². The molecule has 0 saturated heterocycles. The van der Waals surface area contributed by atoms with Crippen LogP contribution >= 0.6 is 0 Å². The Morgan fingerprint density at radius 1 is 1.75 bits per heavy atom. The van der Waals surface area contributed by atoms with Crippen molar-refractivity contribution in [3.63, 3.8) is 0 Å². The van der Waals surface area contributed by atoms with Gasteiger partial charge in [-0.25, -0.2) is 4.79 Å². The van der Waals surface area contributed by atoms with Crippen LogP contribution in [0.1, 0.15) is 6.92 Å². The van der Waals surface area contributed by atoms with Gasteiger partial charge in [-0.1, -0.05) is 0 Å². The second-order valence-electron chi connectivity index (χ2n) is 2.34. The molecule has 0 aromatic rings. The first-order chi connectivity index (χ1) is 5.74. The zero-order chi connectivity index (χ0) is 8.97. The molecule has 0 atom stereocenters. The number of allylic oxidation sites excluding steroid dienone is 1. The van der Waals surface area contributed by atoms with Gasteiger partial charge in [0.05, 0.1) is 19.4 Å². The lowest BCUT2D eigenvalue weighted by molar-refractivity contribution is 0.143. The zero-order valence-corrected chi connectivity index (χ0v) is 7.11. The fourth-order valence-electron chi connectivity index (χ4n) is 0.800. The number of ether oxygens (including phenoxy) is 2. The fourth-order valence-corrected chi connectivity index (χ4v) is 0.800. The van der Waals surface area contributed by atoms with Crippen molar-refractivity contribution in [2.45, 2.75) is 6.92 Å². The van der Waals surface area contributed by atoms with Crippen LogP contribution in [0, 0.1) is 0 Å². The standard InChI is InChI=1S/C8H11NO3/c1-7-3-4-9(5-6-12-7)8(10)11-2/h3,5-6H,4H2,1-2H3. The monoisotopic (exact) mass is 169 g/mol. The molecule has 12 heavy (non-hydrogen) atoms. The second kappa shape index (κ2) is 3.80. The van der Waals surface area contributed by atoms with Crippen LogP contribution in [0.5, 0.6) is 0 Å². The topological polar surface area (TPSA) is 38.8 Å². The normalized spacial score (nSPS) is 16.2. The summed E-state index contributed by atoms with van der Waals surface area (Å²) in [6.45, 7) is 2.31. The van der Waals surface area contributed by atoms with E-state index in [9.17, 15) is 4.79 Å². The van der Waals surface area contributed by atoms with Gasteiger partial charge in [-0.05, 0) is 13.0 Å². The van der Waals surface area contributed by atoms with Crippen molar-refractivity contribution >= 4 is 6.09 Å². The molecule has 0 fully saturated rings. The predicted octanol–water partition coefficient (Wildman–Crippen LogP) is 1.46. The molecule has 66 valence electrons. The average Bonchev–Trinajstić information content (AvgIpc) is 2.29. The second-order valence-corrected chi connectivity index (χ2v) is 2.34. The highest BCUT2D eigenvalue weighted by Crippen LogP contribution is 2.05. The third-order valence-electron chi connectivity index (χ3n) is 1.48. The quantitative estimate of drug-likeness (QED) is 0.551. The van der Waals surface area contributed by atoms with Crippen LogP contribution in [0.3, 0.4) is 0 Å². The lowest BCUT2D eigenvalue weighted by Crippen LogP contribution is -2.25. The van der Waals surface area contributed by atoms with E-state index >= 15 is 0 Å². The van der Waals surface area contributed by atoms with E-state index in [1.807, 2.05) is 6.92 Å². The molecule has 1 aliphatic heterocycles. The van der Waals surface area contributed by atoms with Crippen LogP contribution in [0.25, 0.3) is 0 Å². The van der Waals surface area contributed by atoms with Gasteiger partial charge in [0, 0.05) is 6.20 Å². The number of methoxy groups -OCH3 is 1. The molecule has 4 heteroatoms. The van der Waals surface area contributed by atoms with Gasteiger partial charge in [0.25, 0.3) is 0 Å². The van der Waals surface area contributed by atoms with Crippen LogP contribution in [-0.2, 0) is 9.47 Å². The van der Waals surface area contributed by atoms with E-state index in [4.69, 9.17) is 4.74 Å². The first kappa shape index (κ1) is 8.64. The first-order valence-corrected chi connectivity index (χ1v) is 3.58. The van der Waals surface area contributed by atoms with E-state index in [0.717, 1.165) is 5.76 Å². The van der Waals surface area contributed by atoms with Gasteiger partial charge in [-0.3, -0.25) is 4.90 Å². The summed E-state index contributed by atoms with van der Waals surface area (Å²) in [5.74, 6) is 0.776. The number of hydrogen-bond acceptors (Lipinski definition) is 3. The molecule has 0 spiro atoms. The summed E-state index contributed by atoms with van der Waals surface area (Å²) in [5.41, 5.74) is 0. The molecule has 0 saturated carbocycles. The van der Waals surface area contributed by atoms with E-state index in [1.165, 1.54) is 18.3 Å². The number of rotatable bonds is 0. The Morgan fingerprint density at radius 3 is 3.17 bits per heavy atom. The molecule has 0 N–H and O–H groups in total. The lowest BCUT2D eigenvalue weighted by atomic mass is 10.4. The third kappa shape index (κ3) is 2.02. The summed E-state index contributed by atoms with van der Waals surface area (Å²) in [4.78, 5) is 12.4. The maximum Gasteiger partial charge on any atom is 0.413 e. The molecule has 0 aliphatic carbocycles. The van der Waals surface area contributed by atoms with Gasteiger partial charge < -0.3 is 9.47 Å². The highest BCUT2D eigenvalue weighted by Gasteiger charge is 2.10. The van der Waals surface area contributed by atoms with Gasteiger partial charge in [0.1, 0.15) is 6.26 Å². The first-order valence-electron chi connectivity index (χ1n) is 3.58. The molecule has 1 amide bonds. The summed E-state index contributed by atoms with van der Waals surface area (Å²) in [7, 11) is 1.35. The van der Waals surface area contributed by atoms with Gasteiger partial charge in [-0.15, -0.1) is 0 Å². The van der Waals surface area contributed by atoms with Crippen LogP contribution in [0.2, 0.25) is 0 Å². The van der Waals surface area contributed by atoms with Gasteiger partial charge in [0.15, 0.2) is 0 Å². The van der Waals surface area contributed by atoms with Gasteiger partial charge >= 0.3 is 6.09 Å². The Labute approximate surface area is 71.1 Å². The molecule has 0 aromatic carbocycles. The van der Waals surface area contributed by atoms with Crippen LogP contribution in [0.15, 0.2) is 24.3 Å². The summed E-state index contributed by atoms with van der Waals surface area (Å²) in [6, 6.07) is 0. The summed E-state index contributed by atoms with van der Waals surface area (Å²) < 4.78 is 9.59. The molecule has 1 rings (SSSR count). The van der Waals surface area contributed by atoms with Crippen molar-refractivity contribution in [2.24, 2.45) is 0 Å². The molecule has 0 unspecified atom stereocenters. The lowest BCUT2D eigenvalue weighted by Gasteiger charge is -2.11. The number of amides is 1. The molecule has 4 nitrogen and oxygen atoms in total. The molecule has 0 radical (unpaired) electrons. The Kier molecular flexibility index (Phi) is 2.74. The van der Waals surface area contributed by atoms with E-state index in [0.29, 0.717) is 6.54 Å². The minimum atomic E-state index is -0.388. The number of carbonyl (C=O) groups excluding carboxylic acids is 1. The molecule has 0 bridgehead atoms. The van der Waals surface area contributed by atoms with Crippen molar-refractivity contribution in [1.82, 2.24) is 4.90 Å². The maximum absolute atomic E-state index is 11.0. The van der Waals surface area contributed by atoms with Crippen molar-refractivity contribution in [3.8, 4) is 0 Å². The highest BCUT2D eigenvalue weighted by molar-refractivity contribution is 5.68. The van der Waals surface area contributed by atoms with Crippen molar-refractivity contribution in [2.75, 3.05) is 13.7 Å². The number of hydrogen-bond donors (Lipinski definition) is 0. The van der Waals surface area contributed by atoms with Crippen LogP contribution in [-0.4, -0.2) is 24.6 Å². The highest BCUT2D eigenvalue weighted by atomic mass is 16.5. The Balaban J connectivity index is 2.63. The molecular formula is C8H11NO3. The maximum atomic E-state index is 11.0. The van der Waals surface area contributed by atoms with E-state index in [-0.39, 0.29) is 6.09 Å². The summed E-state index contributed by atoms with van der Waals surface area (Å²) >= 11 is 0. The number of nitrogens with zero attached hydrogens (tertiary/aromatic N) is 1. The summed E-state index contributed by atoms with van der Waals surface area (Å²) in [6.07, 6.45) is 4.41. The van der Waals surface area contributed by atoms with Crippen LogP contribution in [0.4, 0.5) is 4.79 Å². The van der Waals surface area contributed by atoms with Crippen molar-refractivity contribution in [1.29, 1.82) is 0 Å². The zero-order valence-electron chi connectivity index (χ0n) is 7.11. The fraction of sp³-hybridized carbons (Fsp3) is 0.375. The van der Waals surface area contributed by atoms with E-state index < -0.39 is 0 Å². The molecule has 1 heterocycles. The smallest absolute Gasteiger partial charge is 0.413 e. The third-order valence-corrected chi connectivity index (χ3v) is 1.48. The predicted molar refractivity (Wildman–Crippen MR) is 43.1 cm³/mol. The minimum absolute atomic E-state index is 0.388. The van der Waals surface area contributed by atoms with E-state index in [2.05, 4.69) is 4.74 Å². The SMILES string of the molecule is COC(=O)N1C=COC(C)=CC1. The van der Waals surface area contributed by atoms with Crippen LogP contribution < -0.4 is 0 Å². The van der Waals surface area contributed by atoms with Crippen molar-refractivity contribution < 1.29 is 14.3 Å². The molecular weight excluding hydrogens is 158 g/mol.